The van der Waals surface area contributed by atoms with Gasteiger partial charge in [-0.2, -0.15) is 0 Å². The maximum Gasteiger partial charge on any atom is 0.227 e. The standard InChI is InChI=1S/C18H20ClNO2/c1-13(2)16-5-3-4-6-17(16)20-18(21)11-12-22-15-9-7-14(19)8-10-15/h3-10,13H,11-12H2,1-2H3,(H,20,21). The fraction of sp³-hybridized carbons (Fsp3) is 0.278. The zero-order chi connectivity index (χ0) is 15.9. The Kier molecular flexibility index (Phi) is 5.84. The lowest BCUT2D eigenvalue weighted by molar-refractivity contribution is -0.116. The third-order valence-electron chi connectivity index (χ3n) is 3.27. The topological polar surface area (TPSA) is 38.3 Å². The molecule has 1 N–H and O–H groups in total. The van der Waals surface area contributed by atoms with E-state index in [1.165, 1.54) is 0 Å². The van der Waals surface area contributed by atoms with E-state index in [2.05, 4.69) is 19.2 Å². The molecule has 0 aliphatic rings. The van der Waals surface area contributed by atoms with E-state index in [0.717, 1.165) is 11.3 Å². The maximum atomic E-state index is 12.0. The quantitative estimate of drug-likeness (QED) is 0.825. The molecule has 0 unspecified atom stereocenters. The SMILES string of the molecule is CC(C)c1ccccc1NC(=O)CCOc1ccc(Cl)cc1. The van der Waals surface area contributed by atoms with Crippen LogP contribution in [0.3, 0.4) is 0 Å². The summed E-state index contributed by atoms with van der Waals surface area (Å²) in [6, 6.07) is 15.0. The van der Waals surface area contributed by atoms with Gasteiger partial charge in [0, 0.05) is 10.7 Å². The fourth-order valence-corrected chi connectivity index (χ4v) is 2.25. The van der Waals surface area contributed by atoms with Crippen molar-refractivity contribution in [2.75, 3.05) is 11.9 Å². The monoisotopic (exact) mass is 317 g/mol. The summed E-state index contributed by atoms with van der Waals surface area (Å²) in [5.74, 6) is 1.02. The Bertz CT molecular complexity index is 623. The van der Waals surface area contributed by atoms with Crippen LogP contribution in [0.25, 0.3) is 0 Å². The minimum Gasteiger partial charge on any atom is -0.493 e. The van der Waals surface area contributed by atoms with Gasteiger partial charge in [0.05, 0.1) is 13.0 Å². The molecule has 0 radical (unpaired) electrons. The Hall–Kier alpha value is -2.00. The van der Waals surface area contributed by atoms with Gasteiger partial charge in [-0.1, -0.05) is 43.6 Å². The Balaban J connectivity index is 1.84. The van der Waals surface area contributed by atoms with Gasteiger partial charge < -0.3 is 10.1 Å². The van der Waals surface area contributed by atoms with Crippen molar-refractivity contribution in [3.05, 3.63) is 59.1 Å². The van der Waals surface area contributed by atoms with Gasteiger partial charge in [0.1, 0.15) is 5.75 Å². The Labute approximate surface area is 136 Å². The van der Waals surface area contributed by atoms with Crippen LogP contribution in [-0.2, 0) is 4.79 Å². The molecule has 1 amide bonds. The predicted octanol–water partition coefficient (Wildman–Crippen LogP) is 4.87. The number of halogens is 1. The van der Waals surface area contributed by atoms with Crippen LogP contribution >= 0.6 is 11.6 Å². The van der Waals surface area contributed by atoms with Crippen LogP contribution in [0, 0.1) is 0 Å². The van der Waals surface area contributed by atoms with Gasteiger partial charge in [-0.25, -0.2) is 0 Å². The first-order chi connectivity index (χ1) is 10.6. The second kappa shape index (κ2) is 7.85. The number of ether oxygens (including phenoxy) is 1. The average molecular weight is 318 g/mol. The molecule has 0 heterocycles. The van der Waals surface area contributed by atoms with Crippen molar-refractivity contribution in [1.29, 1.82) is 0 Å². The molecular formula is C18H20ClNO2. The number of amides is 1. The smallest absolute Gasteiger partial charge is 0.227 e. The molecule has 0 bridgehead atoms. The van der Waals surface area contributed by atoms with Crippen molar-refractivity contribution in [1.82, 2.24) is 0 Å². The van der Waals surface area contributed by atoms with E-state index in [4.69, 9.17) is 16.3 Å². The molecule has 0 aliphatic heterocycles. The second-order valence-corrected chi connectivity index (χ2v) is 5.78. The lowest BCUT2D eigenvalue weighted by atomic mass is 10.0. The molecule has 2 aromatic rings. The van der Waals surface area contributed by atoms with Crippen molar-refractivity contribution in [2.45, 2.75) is 26.2 Å². The van der Waals surface area contributed by atoms with Crippen LogP contribution in [0.1, 0.15) is 31.7 Å². The summed E-state index contributed by atoms with van der Waals surface area (Å²) in [7, 11) is 0. The van der Waals surface area contributed by atoms with Crippen molar-refractivity contribution < 1.29 is 9.53 Å². The first-order valence-corrected chi connectivity index (χ1v) is 7.71. The van der Waals surface area contributed by atoms with Crippen LogP contribution < -0.4 is 10.1 Å². The molecule has 0 aromatic heterocycles. The van der Waals surface area contributed by atoms with E-state index in [1.54, 1.807) is 24.3 Å². The summed E-state index contributed by atoms with van der Waals surface area (Å²) in [5.41, 5.74) is 2.00. The van der Waals surface area contributed by atoms with Gasteiger partial charge in [-0.05, 0) is 41.8 Å². The summed E-state index contributed by atoms with van der Waals surface area (Å²) in [5, 5.41) is 3.61. The van der Waals surface area contributed by atoms with E-state index in [1.807, 2.05) is 24.3 Å². The number of anilines is 1. The number of benzene rings is 2. The van der Waals surface area contributed by atoms with Gasteiger partial charge in [0.15, 0.2) is 0 Å². The number of nitrogens with one attached hydrogen (secondary N) is 1. The Morgan fingerprint density at radius 2 is 1.82 bits per heavy atom. The molecule has 2 rings (SSSR count). The van der Waals surface area contributed by atoms with E-state index >= 15 is 0 Å². The highest BCUT2D eigenvalue weighted by Gasteiger charge is 2.09. The third kappa shape index (κ3) is 4.78. The molecule has 22 heavy (non-hydrogen) atoms. The highest BCUT2D eigenvalue weighted by molar-refractivity contribution is 6.30. The van der Waals surface area contributed by atoms with Gasteiger partial charge in [-0.3, -0.25) is 4.79 Å². The molecular weight excluding hydrogens is 298 g/mol. The minimum absolute atomic E-state index is 0.0536. The Morgan fingerprint density at radius 1 is 1.14 bits per heavy atom. The summed E-state index contributed by atoms with van der Waals surface area (Å²) in [6.45, 7) is 4.54. The van der Waals surface area contributed by atoms with Gasteiger partial charge in [0.2, 0.25) is 5.91 Å². The largest absolute Gasteiger partial charge is 0.493 e. The predicted molar refractivity (Wildman–Crippen MR) is 90.7 cm³/mol. The molecule has 2 aromatic carbocycles. The van der Waals surface area contributed by atoms with Crippen LogP contribution in [0.2, 0.25) is 5.02 Å². The number of rotatable bonds is 6. The van der Waals surface area contributed by atoms with Crippen molar-refractivity contribution >= 4 is 23.2 Å². The lowest BCUT2D eigenvalue weighted by Crippen LogP contribution is -2.16. The van der Waals surface area contributed by atoms with E-state index in [0.29, 0.717) is 29.7 Å². The van der Waals surface area contributed by atoms with Crippen molar-refractivity contribution in [3.63, 3.8) is 0 Å². The molecule has 3 nitrogen and oxygen atoms in total. The maximum absolute atomic E-state index is 12.0. The average Bonchev–Trinajstić information content (AvgIpc) is 2.49. The summed E-state index contributed by atoms with van der Waals surface area (Å²) in [4.78, 5) is 12.0. The van der Waals surface area contributed by atoms with Crippen LogP contribution in [0.4, 0.5) is 5.69 Å². The summed E-state index contributed by atoms with van der Waals surface area (Å²) in [6.07, 6.45) is 0.301. The molecule has 0 atom stereocenters. The highest BCUT2D eigenvalue weighted by Crippen LogP contribution is 2.23. The summed E-state index contributed by atoms with van der Waals surface area (Å²) >= 11 is 5.81. The van der Waals surface area contributed by atoms with E-state index in [-0.39, 0.29) is 5.91 Å². The van der Waals surface area contributed by atoms with Crippen molar-refractivity contribution in [2.24, 2.45) is 0 Å². The van der Waals surface area contributed by atoms with E-state index < -0.39 is 0 Å². The highest BCUT2D eigenvalue weighted by atomic mass is 35.5. The zero-order valence-corrected chi connectivity index (χ0v) is 13.6. The molecule has 4 heteroatoms. The van der Waals surface area contributed by atoms with E-state index in [9.17, 15) is 4.79 Å². The third-order valence-corrected chi connectivity index (χ3v) is 3.52. The number of hydrogen-bond donors (Lipinski definition) is 1. The van der Waals surface area contributed by atoms with Crippen LogP contribution in [0.5, 0.6) is 5.75 Å². The summed E-state index contributed by atoms with van der Waals surface area (Å²) < 4.78 is 5.53. The fourth-order valence-electron chi connectivity index (χ4n) is 2.12. The first kappa shape index (κ1) is 16.4. The minimum atomic E-state index is -0.0536. The number of para-hydroxylation sites is 1. The van der Waals surface area contributed by atoms with Gasteiger partial charge >= 0.3 is 0 Å². The second-order valence-electron chi connectivity index (χ2n) is 5.34. The molecule has 0 aliphatic carbocycles. The van der Waals surface area contributed by atoms with Crippen molar-refractivity contribution in [3.8, 4) is 5.75 Å². The number of carbonyl (C=O) groups excluding carboxylic acids is 1. The number of carbonyl (C=O) groups is 1. The molecule has 0 saturated heterocycles. The molecule has 0 fully saturated rings. The normalized spacial score (nSPS) is 10.5. The molecule has 0 spiro atoms. The molecule has 116 valence electrons. The zero-order valence-electron chi connectivity index (χ0n) is 12.8. The van der Waals surface area contributed by atoms with Crippen LogP contribution in [0.15, 0.2) is 48.5 Å². The van der Waals surface area contributed by atoms with Gasteiger partial charge in [0.25, 0.3) is 0 Å². The lowest BCUT2D eigenvalue weighted by Gasteiger charge is -2.13. The number of hydrogen-bond acceptors (Lipinski definition) is 2. The van der Waals surface area contributed by atoms with Gasteiger partial charge in [-0.15, -0.1) is 0 Å². The first-order valence-electron chi connectivity index (χ1n) is 7.33. The van der Waals surface area contributed by atoms with Crippen LogP contribution in [-0.4, -0.2) is 12.5 Å². The molecule has 0 saturated carbocycles. The Morgan fingerprint density at radius 3 is 2.50 bits per heavy atom.